The lowest BCUT2D eigenvalue weighted by Crippen LogP contribution is -2.34. The minimum Gasteiger partial charge on any atom is -0.338 e. The summed E-state index contributed by atoms with van der Waals surface area (Å²) in [6, 6.07) is 21.4. The fourth-order valence-electron chi connectivity index (χ4n) is 2.85. The summed E-state index contributed by atoms with van der Waals surface area (Å²) >= 11 is 0.986. The number of hydrogen-bond donors (Lipinski definition) is 0. The molecule has 0 N–H and O–H groups in total. The van der Waals surface area contributed by atoms with Crippen LogP contribution in [0.15, 0.2) is 72.1 Å². The Morgan fingerprint density at radius 1 is 0.926 bits per heavy atom. The maximum absolute atomic E-state index is 12.9. The molecule has 1 aromatic heterocycles. The van der Waals surface area contributed by atoms with E-state index in [-0.39, 0.29) is 10.9 Å². The van der Waals surface area contributed by atoms with Crippen molar-refractivity contribution in [2.24, 2.45) is 0 Å². The second kappa shape index (κ2) is 9.09. The van der Waals surface area contributed by atoms with Gasteiger partial charge in [0.15, 0.2) is 0 Å². The Kier molecular flexibility index (Phi) is 6.33. The molecule has 5 nitrogen and oxygen atoms in total. The predicted molar refractivity (Wildman–Crippen MR) is 107 cm³/mol. The first-order valence-corrected chi connectivity index (χ1v) is 9.61. The van der Waals surface area contributed by atoms with Crippen LogP contribution in [0.3, 0.4) is 0 Å². The first-order chi connectivity index (χ1) is 13.1. The van der Waals surface area contributed by atoms with Crippen molar-refractivity contribution in [3.05, 3.63) is 98.9 Å². The van der Waals surface area contributed by atoms with E-state index >= 15 is 0 Å². The molecule has 0 saturated carbocycles. The Morgan fingerprint density at radius 3 is 1.89 bits per heavy atom. The standard InChI is InChI=1S/C21H20N2O3S/c24-21(19-15-20(23(25)26)27-16-19)22(13-11-17-7-3-1-4-8-17)14-12-18-9-5-2-6-10-18/h1-10,15-16H,11-14H2. The lowest BCUT2D eigenvalue weighted by atomic mass is 10.1. The SMILES string of the molecule is O=C(c1csc([N+](=O)[O-])c1)N(CCc1ccccc1)CCc1ccccc1. The zero-order valence-corrected chi connectivity index (χ0v) is 15.6. The third-order valence-corrected chi connectivity index (χ3v) is 5.21. The minimum atomic E-state index is -0.459. The summed E-state index contributed by atoms with van der Waals surface area (Å²) in [7, 11) is 0. The molecule has 0 unspecified atom stereocenters. The zero-order valence-electron chi connectivity index (χ0n) is 14.8. The van der Waals surface area contributed by atoms with E-state index in [1.807, 2.05) is 60.7 Å². The molecular weight excluding hydrogens is 360 g/mol. The fraction of sp³-hybridized carbons (Fsp3) is 0.190. The molecule has 6 heteroatoms. The molecule has 0 atom stereocenters. The van der Waals surface area contributed by atoms with Gasteiger partial charge in [0.1, 0.15) is 0 Å². The van der Waals surface area contributed by atoms with Crippen molar-refractivity contribution in [3.8, 4) is 0 Å². The molecule has 1 amide bonds. The van der Waals surface area contributed by atoms with E-state index in [0.29, 0.717) is 18.7 Å². The van der Waals surface area contributed by atoms with Crippen LogP contribution in [0.4, 0.5) is 5.00 Å². The Labute approximate surface area is 162 Å². The highest BCUT2D eigenvalue weighted by molar-refractivity contribution is 7.13. The van der Waals surface area contributed by atoms with Crippen molar-refractivity contribution in [2.45, 2.75) is 12.8 Å². The van der Waals surface area contributed by atoms with Gasteiger partial charge in [-0.1, -0.05) is 72.0 Å². The van der Waals surface area contributed by atoms with E-state index in [1.165, 1.54) is 6.07 Å². The van der Waals surface area contributed by atoms with Crippen molar-refractivity contribution in [2.75, 3.05) is 13.1 Å². The molecule has 1 heterocycles. The molecular formula is C21H20N2O3S. The number of nitrogens with zero attached hydrogens (tertiary/aromatic N) is 2. The highest BCUT2D eigenvalue weighted by atomic mass is 32.1. The highest BCUT2D eigenvalue weighted by Gasteiger charge is 2.20. The van der Waals surface area contributed by atoms with Crippen molar-refractivity contribution in [3.63, 3.8) is 0 Å². The summed E-state index contributed by atoms with van der Waals surface area (Å²) < 4.78 is 0. The van der Waals surface area contributed by atoms with Gasteiger partial charge >= 0.3 is 5.00 Å². The number of carbonyl (C=O) groups is 1. The normalized spacial score (nSPS) is 10.5. The van der Waals surface area contributed by atoms with Crippen LogP contribution in [-0.2, 0) is 12.8 Å². The molecule has 0 radical (unpaired) electrons. The molecule has 0 aliphatic rings. The fourth-order valence-corrected chi connectivity index (χ4v) is 3.55. The van der Waals surface area contributed by atoms with E-state index in [9.17, 15) is 14.9 Å². The quantitative estimate of drug-likeness (QED) is 0.424. The van der Waals surface area contributed by atoms with Gasteiger partial charge in [0, 0.05) is 24.5 Å². The molecule has 2 aromatic carbocycles. The van der Waals surface area contributed by atoms with Crippen LogP contribution in [0.1, 0.15) is 21.5 Å². The van der Waals surface area contributed by atoms with E-state index in [0.717, 1.165) is 35.3 Å². The lowest BCUT2D eigenvalue weighted by Gasteiger charge is -2.22. The van der Waals surface area contributed by atoms with Gasteiger partial charge in [-0.05, 0) is 24.0 Å². The summed E-state index contributed by atoms with van der Waals surface area (Å²) in [4.78, 5) is 25.2. The molecule has 27 heavy (non-hydrogen) atoms. The average molecular weight is 380 g/mol. The Hall–Kier alpha value is -2.99. The second-order valence-electron chi connectivity index (χ2n) is 6.19. The topological polar surface area (TPSA) is 63.4 Å². The van der Waals surface area contributed by atoms with Crippen LogP contribution in [0.5, 0.6) is 0 Å². The summed E-state index contributed by atoms with van der Waals surface area (Å²) in [5, 5.41) is 12.5. The smallest absolute Gasteiger partial charge is 0.324 e. The van der Waals surface area contributed by atoms with Crippen molar-refractivity contribution in [1.29, 1.82) is 0 Å². The van der Waals surface area contributed by atoms with Gasteiger partial charge in [-0.2, -0.15) is 0 Å². The summed E-state index contributed by atoms with van der Waals surface area (Å²) in [6.45, 7) is 1.14. The highest BCUT2D eigenvalue weighted by Crippen LogP contribution is 2.24. The van der Waals surface area contributed by atoms with Gasteiger partial charge < -0.3 is 4.90 Å². The molecule has 3 rings (SSSR count). The molecule has 0 bridgehead atoms. The maximum Gasteiger partial charge on any atom is 0.324 e. The van der Waals surface area contributed by atoms with Gasteiger partial charge in [0.25, 0.3) is 5.91 Å². The van der Waals surface area contributed by atoms with Crippen LogP contribution < -0.4 is 0 Å². The number of benzene rings is 2. The van der Waals surface area contributed by atoms with Crippen molar-refractivity contribution in [1.82, 2.24) is 4.90 Å². The summed E-state index contributed by atoms with van der Waals surface area (Å²) in [5.74, 6) is -0.161. The third-order valence-electron chi connectivity index (χ3n) is 4.33. The van der Waals surface area contributed by atoms with Crippen molar-refractivity contribution >= 4 is 22.2 Å². The third kappa shape index (κ3) is 5.24. The van der Waals surface area contributed by atoms with Gasteiger partial charge in [-0.15, -0.1) is 0 Å². The Balaban J connectivity index is 1.72. The maximum atomic E-state index is 12.9. The van der Waals surface area contributed by atoms with Gasteiger partial charge in [-0.3, -0.25) is 14.9 Å². The second-order valence-corrected chi connectivity index (χ2v) is 7.08. The van der Waals surface area contributed by atoms with Gasteiger partial charge in [0.05, 0.1) is 10.5 Å². The van der Waals surface area contributed by atoms with E-state index < -0.39 is 4.92 Å². The van der Waals surface area contributed by atoms with Crippen LogP contribution in [0.2, 0.25) is 0 Å². The molecule has 0 aliphatic carbocycles. The zero-order chi connectivity index (χ0) is 19.1. The number of rotatable bonds is 8. The summed E-state index contributed by atoms with van der Waals surface area (Å²) in [6.07, 6.45) is 1.49. The van der Waals surface area contributed by atoms with Gasteiger partial charge in [0.2, 0.25) is 0 Å². The Bertz CT molecular complexity index is 851. The first-order valence-electron chi connectivity index (χ1n) is 8.73. The number of nitro groups is 1. The monoisotopic (exact) mass is 380 g/mol. The van der Waals surface area contributed by atoms with Crippen LogP contribution in [0.25, 0.3) is 0 Å². The molecule has 138 valence electrons. The largest absolute Gasteiger partial charge is 0.338 e. The van der Waals surface area contributed by atoms with Crippen LogP contribution >= 0.6 is 11.3 Å². The lowest BCUT2D eigenvalue weighted by molar-refractivity contribution is -0.380. The van der Waals surface area contributed by atoms with E-state index in [4.69, 9.17) is 0 Å². The first kappa shape index (κ1) is 18.8. The van der Waals surface area contributed by atoms with Crippen molar-refractivity contribution < 1.29 is 9.72 Å². The summed E-state index contributed by atoms with van der Waals surface area (Å²) in [5.41, 5.74) is 2.70. The van der Waals surface area contributed by atoms with Gasteiger partial charge in [-0.25, -0.2) is 0 Å². The van der Waals surface area contributed by atoms with Crippen LogP contribution in [0, 0.1) is 10.1 Å². The predicted octanol–water partition coefficient (Wildman–Crippen LogP) is 4.58. The number of carbonyl (C=O) groups excluding carboxylic acids is 1. The number of hydrogen-bond acceptors (Lipinski definition) is 4. The molecule has 0 spiro atoms. The molecule has 0 saturated heterocycles. The van der Waals surface area contributed by atoms with Crippen LogP contribution in [-0.4, -0.2) is 28.8 Å². The van der Waals surface area contributed by atoms with E-state index in [2.05, 4.69) is 0 Å². The average Bonchev–Trinajstić information content (AvgIpc) is 3.20. The number of amides is 1. The van der Waals surface area contributed by atoms with E-state index in [1.54, 1.807) is 10.3 Å². The Morgan fingerprint density at radius 2 is 1.44 bits per heavy atom. The molecule has 3 aromatic rings. The number of thiophene rings is 1. The molecule has 0 fully saturated rings. The molecule has 0 aliphatic heterocycles. The minimum absolute atomic E-state index is 0.00980.